The van der Waals surface area contributed by atoms with Gasteiger partial charge >= 0.3 is 0 Å². The average molecular weight is 281 g/mol. The van der Waals surface area contributed by atoms with Gasteiger partial charge in [-0.05, 0) is 30.7 Å². The first-order valence-corrected chi connectivity index (χ1v) is 5.68. The second-order valence-electron chi connectivity index (χ2n) is 3.70. The molecule has 0 aliphatic carbocycles. The van der Waals surface area contributed by atoms with E-state index in [2.05, 4.69) is 26.3 Å². The topological polar surface area (TPSA) is 55.9 Å². The summed E-state index contributed by atoms with van der Waals surface area (Å²) in [6.07, 6.45) is 1.77. The molecule has 0 aliphatic rings. The number of hydrogen-bond acceptors (Lipinski definition) is 3. The zero-order chi connectivity index (χ0) is 11.7. The molecule has 0 radical (unpaired) electrons. The Kier molecular flexibility index (Phi) is 2.87. The molecule has 0 unspecified atom stereocenters. The number of nitrogens with zero attached hydrogens (tertiary/aromatic N) is 2. The molecule has 0 amide bonds. The Labute approximate surface area is 103 Å². The van der Waals surface area contributed by atoms with Gasteiger partial charge in [0.1, 0.15) is 0 Å². The SMILES string of the molecule is Cc1cc(Nc2nn(C)cc2N)ccc1Br. The second-order valence-corrected chi connectivity index (χ2v) is 4.55. The molecule has 0 atom stereocenters. The molecule has 1 aromatic heterocycles. The van der Waals surface area contributed by atoms with Gasteiger partial charge in [-0.2, -0.15) is 5.10 Å². The summed E-state index contributed by atoms with van der Waals surface area (Å²) in [7, 11) is 1.84. The Hall–Kier alpha value is -1.49. The predicted molar refractivity (Wildman–Crippen MR) is 69.8 cm³/mol. The summed E-state index contributed by atoms with van der Waals surface area (Å²) in [6, 6.07) is 6.01. The van der Waals surface area contributed by atoms with Crippen LogP contribution in [0.15, 0.2) is 28.9 Å². The number of aromatic nitrogens is 2. The molecule has 0 saturated carbocycles. The molecule has 0 spiro atoms. The Morgan fingerprint density at radius 2 is 2.19 bits per heavy atom. The number of halogens is 1. The van der Waals surface area contributed by atoms with Crippen LogP contribution in [0, 0.1) is 6.92 Å². The van der Waals surface area contributed by atoms with E-state index in [0.29, 0.717) is 11.5 Å². The van der Waals surface area contributed by atoms with E-state index in [-0.39, 0.29) is 0 Å². The van der Waals surface area contributed by atoms with E-state index in [1.807, 2.05) is 32.2 Å². The Balaban J connectivity index is 2.27. The number of anilines is 3. The molecule has 0 fully saturated rings. The molecule has 3 N–H and O–H groups in total. The van der Waals surface area contributed by atoms with Crippen molar-refractivity contribution < 1.29 is 0 Å². The van der Waals surface area contributed by atoms with Gasteiger partial charge in [0.25, 0.3) is 0 Å². The summed E-state index contributed by atoms with van der Waals surface area (Å²) in [4.78, 5) is 0. The quantitative estimate of drug-likeness (QED) is 0.890. The smallest absolute Gasteiger partial charge is 0.175 e. The van der Waals surface area contributed by atoms with Crippen molar-refractivity contribution >= 4 is 33.1 Å². The van der Waals surface area contributed by atoms with Crippen molar-refractivity contribution in [3.05, 3.63) is 34.4 Å². The number of nitrogens with one attached hydrogen (secondary N) is 1. The lowest BCUT2D eigenvalue weighted by Gasteiger charge is -2.06. The summed E-state index contributed by atoms with van der Waals surface area (Å²) in [5.74, 6) is 0.684. The number of benzene rings is 1. The minimum absolute atomic E-state index is 0.642. The first-order chi connectivity index (χ1) is 7.56. The monoisotopic (exact) mass is 280 g/mol. The fourth-order valence-electron chi connectivity index (χ4n) is 1.46. The van der Waals surface area contributed by atoms with Crippen LogP contribution in [0.25, 0.3) is 0 Å². The van der Waals surface area contributed by atoms with Gasteiger partial charge in [-0.25, -0.2) is 0 Å². The van der Waals surface area contributed by atoms with Crippen LogP contribution in [0.5, 0.6) is 0 Å². The molecular formula is C11H13BrN4. The molecule has 1 aromatic carbocycles. The number of rotatable bonds is 2. The summed E-state index contributed by atoms with van der Waals surface area (Å²) in [5, 5.41) is 7.41. The first kappa shape index (κ1) is 11.0. The molecule has 2 aromatic rings. The standard InChI is InChI=1S/C11H13BrN4/c1-7-5-8(3-4-9(7)12)14-11-10(13)6-16(2)15-11/h3-6H,13H2,1-2H3,(H,14,15). The third-order valence-corrected chi connectivity index (χ3v) is 3.17. The molecule has 2 rings (SSSR count). The summed E-state index contributed by atoms with van der Waals surface area (Å²) < 4.78 is 2.77. The van der Waals surface area contributed by atoms with Gasteiger partial charge in [-0.3, -0.25) is 4.68 Å². The fraction of sp³-hybridized carbons (Fsp3) is 0.182. The van der Waals surface area contributed by atoms with Gasteiger partial charge in [-0.15, -0.1) is 0 Å². The van der Waals surface area contributed by atoms with E-state index >= 15 is 0 Å². The Morgan fingerprint density at radius 1 is 1.44 bits per heavy atom. The third kappa shape index (κ3) is 2.19. The van der Waals surface area contributed by atoms with Crippen LogP contribution in [0.2, 0.25) is 0 Å². The van der Waals surface area contributed by atoms with Gasteiger partial charge in [0.05, 0.1) is 5.69 Å². The number of nitrogen functional groups attached to an aromatic ring is 1. The highest BCUT2D eigenvalue weighted by Gasteiger charge is 2.04. The molecule has 84 valence electrons. The maximum absolute atomic E-state index is 5.80. The first-order valence-electron chi connectivity index (χ1n) is 4.88. The van der Waals surface area contributed by atoms with Crippen LogP contribution in [0.4, 0.5) is 17.2 Å². The molecule has 5 heteroatoms. The number of hydrogen-bond donors (Lipinski definition) is 2. The van der Waals surface area contributed by atoms with E-state index in [0.717, 1.165) is 10.2 Å². The number of nitrogens with two attached hydrogens (primary N) is 1. The highest BCUT2D eigenvalue weighted by atomic mass is 79.9. The zero-order valence-electron chi connectivity index (χ0n) is 9.16. The van der Waals surface area contributed by atoms with Crippen LogP contribution < -0.4 is 11.1 Å². The van der Waals surface area contributed by atoms with Crippen LogP contribution in [0.1, 0.15) is 5.56 Å². The molecule has 0 saturated heterocycles. The molecule has 1 heterocycles. The number of aryl methyl sites for hydroxylation is 2. The van der Waals surface area contributed by atoms with E-state index in [1.54, 1.807) is 10.9 Å². The van der Waals surface area contributed by atoms with Crippen LogP contribution >= 0.6 is 15.9 Å². The van der Waals surface area contributed by atoms with Crippen LogP contribution in [-0.2, 0) is 7.05 Å². The summed E-state index contributed by atoms with van der Waals surface area (Å²) in [6.45, 7) is 2.04. The fourth-order valence-corrected chi connectivity index (χ4v) is 1.71. The van der Waals surface area contributed by atoms with E-state index in [4.69, 9.17) is 5.73 Å². The zero-order valence-corrected chi connectivity index (χ0v) is 10.7. The van der Waals surface area contributed by atoms with Crippen LogP contribution in [0.3, 0.4) is 0 Å². The maximum Gasteiger partial charge on any atom is 0.175 e. The minimum atomic E-state index is 0.642. The van der Waals surface area contributed by atoms with Crippen molar-refractivity contribution in [3.63, 3.8) is 0 Å². The van der Waals surface area contributed by atoms with Crippen LogP contribution in [-0.4, -0.2) is 9.78 Å². The van der Waals surface area contributed by atoms with E-state index in [1.165, 1.54) is 5.56 Å². The van der Waals surface area contributed by atoms with Gasteiger partial charge in [-0.1, -0.05) is 15.9 Å². The van der Waals surface area contributed by atoms with Crippen molar-refractivity contribution in [2.24, 2.45) is 7.05 Å². The maximum atomic E-state index is 5.80. The lowest BCUT2D eigenvalue weighted by Crippen LogP contribution is -1.96. The molecular weight excluding hydrogens is 268 g/mol. The Bertz CT molecular complexity index is 519. The van der Waals surface area contributed by atoms with Crippen molar-refractivity contribution in [1.29, 1.82) is 0 Å². The molecule has 16 heavy (non-hydrogen) atoms. The summed E-state index contributed by atoms with van der Waals surface area (Å²) in [5.41, 5.74) is 8.59. The van der Waals surface area contributed by atoms with Crippen molar-refractivity contribution in [1.82, 2.24) is 9.78 Å². The minimum Gasteiger partial charge on any atom is -0.394 e. The Morgan fingerprint density at radius 3 is 2.75 bits per heavy atom. The van der Waals surface area contributed by atoms with Crippen molar-refractivity contribution in [2.75, 3.05) is 11.1 Å². The predicted octanol–water partition coefficient (Wildman–Crippen LogP) is 2.82. The lowest BCUT2D eigenvalue weighted by molar-refractivity contribution is 0.771. The highest BCUT2D eigenvalue weighted by Crippen LogP contribution is 2.24. The average Bonchev–Trinajstić information content (AvgIpc) is 2.51. The third-order valence-electron chi connectivity index (χ3n) is 2.28. The van der Waals surface area contributed by atoms with Gasteiger partial charge in [0.15, 0.2) is 5.82 Å². The van der Waals surface area contributed by atoms with Gasteiger partial charge in [0, 0.05) is 23.4 Å². The van der Waals surface area contributed by atoms with Crippen molar-refractivity contribution in [3.8, 4) is 0 Å². The largest absolute Gasteiger partial charge is 0.394 e. The summed E-state index contributed by atoms with van der Waals surface area (Å²) >= 11 is 3.46. The second kappa shape index (κ2) is 4.17. The normalized spacial score (nSPS) is 10.4. The highest BCUT2D eigenvalue weighted by molar-refractivity contribution is 9.10. The molecule has 4 nitrogen and oxygen atoms in total. The van der Waals surface area contributed by atoms with Crippen molar-refractivity contribution in [2.45, 2.75) is 6.92 Å². The van der Waals surface area contributed by atoms with Gasteiger partial charge in [0.2, 0.25) is 0 Å². The van der Waals surface area contributed by atoms with Gasteiger partial charge < -0.3 is 11.1 Å². The van der Waals surface area contributed by atoms with E-state index in [9.17, 15) is 0 Å². The molecule has 0 bridgehead atoms. The molecule has 0 aliphatic heterocycles. The van der Waals surface area contributed by atoms with E-state index < -0.39 is 0 Å². The lowest BCUT2D eigenvalue weighted by atomic mass is 10.2.